The van der Waals surface area contributed by atoms with E-state index in [1.807, 2.05) is 20.0 Å². The summed E-state index contributed by atoms with van der Waals surface area (Å²) in [6.07, 6.45) is 1.85. The first kappa shape index (κ1) is 14.9. The van der Waals surface area contributed by atoms with Crippen LogP contribution in [0.25, 0.3) is 0 Å². The van der Waals surface area contributed by atoms with Crippen molar-refractivity contribution in [2.75, 3.05) is 12.4 Å². The number of aryl methyl sites for hydroxylation is 2. The van der Waals surface area contributed by atoms with Crippen LogP contribution in [0.2, 0.25) is 0 Å². The van der Waals surface area contributed by atoms with E-state index in [2.05, 4.69) is 51.4 Å². The number of pyridine rings is 1. The lowest BCUT2D eigenvalue weighted by molar-refractivity contribution is 0.407. The number of nitrogens with one attached hydrogen (secondary N) is 1. The summed E-state index contributed by atoms with van der Waals surface area (Å²) in [5.74, 6) is 0.916. The molecule has 20 heavy (non-hydrogen) atoms. The number of hydrogen-bond donors (Lipinski definition) is 1. The van der Waals surface area contributed by atoms with Crippen molar-refractivity contribution in [1.29, 1.82) is 0 Å². The predicted octanol–water partition coefficient (Wildman–Crippen LogP) is 4.39. The van der Waals surface area contributed by atoms with Gasteiger partial charge in [-0.25, -0.2) is 0 Å². The summed E-state index contributed by atoms with van der Waals surface area (Å²) in [6.45, 7) is 6.79. The van der Waals surface area contributed by atoms with Crippen LogP contribution < -0.4 is 10.1 Å². The monoisotopic (exact) mass is 334 g/mol. The van der Waals surface area contributed by atoms with Gasteiger partial charge in [-0.1, -0.05) is 6.07 Å². The molecule has 4 heteroatoms. The van der Waals surface area contributed by atoms with E-state index in [-0.39, 0.29) is 0 Å². The average molecular weight is 335 g/mol. The molecule has 0 amide bonds. The van der Waals surface area contributed by atoms with Gasteiger partial charge in [0.05, 0.1) is 19.3 Å². The Hall–Kier alpha value is -1.55. The minimum atomic E-state index is 0.671. The zero-order chi connectivity index (χ0) is 14.7. The van der Waals surface area contributed by atoms with Crippen molar-refractivity contribution in [2.24, 2.45) is 0 Å². The van der Waals surface area contributed by atoms with Crippen LogP contribution in [0.5, 0.6) is 5.75 Å². The number of nitrogens with zero attached hydrogens (tertiary/aromatic N) is 1. The number of halogens is 1. The Bertz CT molecular complexity index is 626. The van der Waals surface area contributed by atoms with Crippen LogP contribution in [-0.4, -0.2) is 12.1 Å². The molecule has 0 saturated heterocycles. The third-order valence-electron chi connectivity index (χ3n) is 3.32. The Morgan fingerprint density at radius 1 is 1.25 bits per heavy atom. The zero-order valence-electron chi connectivity index (χ0n) is 12.2. The molecule has 0 aliphatic carbocycles. The number of hydrogen-bond acceptors (Lipinski definition) is 3. The van der Waals surface area contributed by atoms with Gasteiger partial charge in [-0.2, -0.15) is 0 Å². The van der Waals surface area contributed by atoms with Crippen molar-refractivity contribution >= 4 is 21.6 Å². The highest BCUT2D eigenvalue weighted by molar-refractivity contribution is 9.10. The highest BCUT2D eigenvalue weighted by Gasteiger charge is 2.09. The fraction of sp³-hybridized carbons (Fsp3) is 0.312. The van der Waals surface area contributed by atoms with E-state index < -0.39 is 0 Å². The molecule has 106 valence electrons. The molecule has 1 heterocycles. The molecular formula is C16H19BrN2O. The van der Waals surface area contributed by atoms with E-state index in [4.69, 9.17) is 4.74 Å². The summed E-state index contributed by atoms with van der Waals surface area (Å²) in [6, 6.07) is 6.25. The van der Waals surface area contributed by atoms with E-state index >= 15 is 0 Å². The molecule has 2 rings (SSSR count). The molecule has 0 unspecified atom stereocenters. The molecule has 0 fully saturated rings. The number of aromatic nitrogens is 1. The zero-order valence-corrected chi connectivity index (χ0v) is 13.8. The first-order valence-corrected chi connectivity index (χ1v) is 7.31. The molecule has 0 aliphatic rings. The smallest absolute Gasteiger partial charge is 0.128 e. The van der Waals surface area contributed by atoms with Gasteiger partial charge in [-0.15, -0.1) is 0 Å². The lowest BCUT2D eigenvalue weighted by Crippen LogP contribution is -2.06. The second kappa shape index (κ2) is 6.27. The summed E-state index contributed by atoms with van der Waals surface area (Å²) in [4.78, 5) is 4.49. The average Bonchev–Trinajstić information content (AvgIpc) is 2.40. The maximum absolute atomic E-state index is 5.43. The van der Waals surface area contributed by atoms with Crippen molar-refractivity contribution in [3.8, 4) is 5.75 Å². The molecule has 1 aromatic heterocycles. The Kier molecular flexibility index (Phi) is 4.65. The van der Waals surface area contributed by atoms with Gasteiger partial charge in [0.15, 0.2) is 0 Å². The van der Waals surface area contributed by atoms with Crippen molar-refractivity contribution < 1.29 is 4.74 Å². The minimum Gasteiger partial charge on any atom is -0.496 e. The third kappa shape index (κ3) is 3.12. The van der Waals surface area contributed by atoms with E-state index in [1.54, 1.807) is 7.11 Å². The Morgan fingerprint density at radius 3 is 2.65 bits per heavy atom. The maximum atomic E-state index is 5.43. The van der Waals surface area contributed by atoms with E-state index in [9.17, 15) is 0 Å². The molecule has 0 atom stereocenters. The summed E-state index contributed by atoms with van der Waals surface area (Å²) in [5.41, 5.74) is 5.44. The van der Waals surface area contributed by atoms with Crippen molar-refractivity contribution in [2.45, 2.75) is 27.3 Å². The summed E-state index contributed by atoms with van der Waals surface area (Å²) < 4.78 is 6.49. The van der Waals surface area contributed by atoms with Crippen molar-refractivity contribution in [3.05, 3.63) is 51.3 Å². The molecule has 0 radical (unpaired) electrons. The van der Waals surface area contributed by atoms with Crippen LogP contribution in [0.3, 0.4) is 0 Å². The molecule has 2 aromatic rings. The lowest BCUT2D eigenvalue weighted by Gasteiger charge is -2.14. The molecule has 0 aliphatic heterocycles. The topological polar surface area (TPSA) is 34.1 Å². The quantitative estimate of drug-likeness (QED) is 0.900. The van der Waals surface area contributed by atoms with E-state index in [0.29, 0.717) is 6.54 Å². The van der Waals surface area contributed by atoms with Gasteiger partial charge in [0.1, 0.15) is 5.75 Å². The molecule has 0 spiro atoms. The highest BCUT2D eigenvalue weighted by atomic mass is 79.9. The minimum absolute atomic E-state index is 0.671. The SMILES string of the molecule is COc1c(C)cnc(CNc2ccc(C)cc2Br)c1C. The van der Waals surface area contributed by atoms with Crippen LogP contribution >= 0.6 is 15.9 Å². The molecule has 0 bridgehead atoms. The Morgan fingerprint density at radius 2 is 2.00 bits per heavy atom. The standard InChI is InChI=1S/C16H19BrN2O/c1-10-5-6-14(13(17)7-10)19-9-15-12(3)16(20-4)11(2)8-18-15/h5-8,19H,9H2,1-4H3. The number of anilines is 1. The summed E-state index contributed by atoms with van der Waals surface area (Å²) in [5, 5.41) is 3.40. The van der Waals surface area contributed by atoms with E-state index in [0.717, 1.165) is 32.7 Å². The number of ether oxygens (including phenoxy) is 1. The number of rotatable bonds is 4. The fourth-order valence-corrected chi connectivity index (χ4v) is 2.83. The fourth-order valence-electron chi connectivity index (χ4n) is 2.19. The summed E-state index contributed by atoms with van der Waals surface area (Å²) >= 11 is 3.57. The van der Waals surface area contributed by atoms with Crippen molar-refractivity contribution in [1.82, 2.24) is 4.98 Å². The summed E-state index contributed by atoms with van der Waals surface area (Å²) in [7, 11) is 1.70. The first-order chi connectivity index (χ1) is 9.52. The van der Waals surface area contributed by atoms with Gasteiger partial charge in [0.25, 0.3) is 0 Å². The van der Waals surface area contributed by atoms with Gasteiger partial charge in [0.2, 0.25) is 0 Å². The van der Waals surface area contributed by atoms with E-state index in [1.165, 1.54) is 5.56 Å². The van der Waals surface area contributed by atoms with Crippen LogP contribution in [-0.2, 0) is 6.54 Å². The normalized spacial score (nSPS) is 10.4. The predicted molar refractivity (Wildman–Crippen MR) is 86.5 cm³/mol. The van der Waals surface area contributed by atoms with Gasteiger partial charge >= 0.3 is 0 Å². The van der Waals surface area contributed by atoms with Gasteiger partial charge < -0.3 is 10.1 Å². The number of methoxy groups -OCH3 is 1. The number of benzene rings is 1. The third-order valence-corrected chi connectivity index (χ3v) is 3.98. The van der Waals surface area contributed by atoms with Crippen LogP contribution in [0.15, 0.2) is 28.9 Å². The molecule has 1 aromatic carbocycles. The van der Waals surface area contributed by atoms with Gasteiger partial charge in [0, 0.05) is 27.5 Å². The molecule has 0 saturated carbocycles. The van der Waals surface area contributed by atoms with Crippen LogP contribution in [0, 0.1) is 20.8 Å². The van der Waals surface area contributed by atoms with Crippen LogP contribution in [0.1, 0.15) is 22.4 Å². The lowest BCUT2D eigenvalue weighted by atomic mass is 10.1. The van der Waals surface area contributed by atoms with Crippen LogP contribution in [0.4, 0.5) is 5.69 Å². The largest absolute Gasteiger partial charge is 0.496 e. The second-order valence-corrected chi connectivity index (χ2v) is 5.74. The molecule has 1 N–H and O–H groups in total. The molecular weight excluding hydrogens is 316 g/mol. The van der Waals surface area contributed by atoms with Gasteiger partial charge in [-0.05, 0) is 54.4 Å². The van der Waals surface area contributed by atoms with Gasteiger partial charge in [-0.3, -0.25) is 4.98 Å². The maximum Gasteiger partial charge on any atom is 0.128 e. The highest BCUT2D eigenvalue weighted by Crippen LogP contribution is 2.26. The Labute approximate surface area is 128 Å². The molecule has 3 nitrogen and oxygen atoms in total. The first-order valence-electron chi connectivity index (χ1n) is 6.52. The second-order valence-electron chi connectivity index (χ2n) is 4.88. The Balaban J connectivity index is 2.19. The van der Waals surface area contributed by atoms with Crippen molar-refractivity contribution in [3.63, 3.8) is 0 Å².